The van der Waals surface area contributed by atoms with E-state index in [9.17, 15) is 13.6 Å². The molecule has 102 valence electrons. The number of ether oxygens (including phenoxy) is 1. The van der Waals surface area contributed by atoms with Crippen molar-refractivity contribution in [1.82, 2.24) is 9.78 Å². The standard InChI is InChI=1S/C11H17F2N3O2/c1-5-18-10(17)7-6(8(12)13)9(14)16(15-7)11(2,3)4/h8H,5,14H2,1-4H3. The van der Waals surface area contributed by atoms with Gasteiger partial charge in [0.05, 0.1) is 17.7 Å². The molecule has 0 saturated heterocycles. The van der Waals surface area contributed by atoms with Crippen LogP contribution in [0.1, 0.15) is 50.2 Å². The minimum Gasteiger partial charge on any atom is -0.461 e. The van der Waals surface area contributed by atoms with E-state index in [1.165, 1.54) is 4.68 Å². The Morgan fingerprint density at radius 3 is 2.44 bits per heavy atom. The lowest BCUT2D eigenvalue weighted by atomic mass is 10.1. The van der Waals surface area contributed by atoms with Gasteiger partial charge in [0.2, 0.25) is 0 Å². The van der Waals surface area contributed by atoms with Crippen molar-refractivity contribution in [3.63, 3.8) is 0 Å². The van der Waals surface area contributed by atoms with Crippen LogP contribution in [0.5, 0.6) is 0 Å². The van der Waals surface area contributed by atoms with E-state index in [1.807, 2.05) is 0 Å². The smallest absolute Gasteiger partial charge is 0.359 e. The molecule has 2 N–H and O–H groups in total. The first-order valence-corrected chi connectivity index (χ1v) is 5.54. The van der Waals surface area contributed by atoms with Gasteiger partial charge in [0.1, 0.15) is 5.82 Å². The van der Waals surface area contributed by atoms with Crippen molar-refractivity contribution < 1.29 is 18.3 Å². The SMILES string of the molecule is CCOC(=O)c1nn(C(C)(C)C)c(N)c1C(F)F. The summed E-state index contributed by atoms with van der Waals surface area (Å²) in [7, 11) is 0. The summed E-state index contributed by atoms with van der Waals surface area (Å²) in [6.07, 6.45) is -2.87. The van der Waals surface area contributed by atoms with E-state index in [-0.39, 0.29) is 12.4 Å². The second kappa shape index (κ2) is 4.91. The van der Waals surface area contributed by atoms with Crippen molar-refractivity contribution >= 4 is 11.8 Å². The predicted octanol–water partition coefficient (Wildman–Crippen LogP) is 2.33. The fourth-order valence-electron chi connectivity index (χ4n) is 1.52. The Kier molecular flexibility index (Phi) is 3.93. The predicted molar refractivity (Wildman–Crippen MR) is 62.5 cm³/mol. The molecule has 5 nitrogen and oxygen atoms in total. The molecule has 0 aliphatic rings. The lowest BCUT2D eigenvalue weighted by molar-refractivity contribution is 0.0507. The van der Waals surface area contributed by atoms with Crippen LogP contribution < -0.4 is 5.73 Å². The number of esters is 1. The molecule has 0 bridgehead atoms. The van der Waals surface area contributed by atoms with E-state index < -0.39 is 29.2 Å². The van der Waals surface area contributed by atoms with Crippen molar-refractivity contribution in [2.45, 2.75) is 39.7 Å². The first-order valence-electron chi connectivity index (χ1n) is 5.54. The molecular formula is C11H17F2N3O2. The van der Waals surface area contributed by atoms with Crippen LogP contribution in [0.3, 0.4) is 0 Å². The molecule has 1 rings (SSSR count). The van der Waals surface area contributed by atoms with Crippen molar-refractivity contribution in [2.24, 2.45) is 0 Å². The Morgan fingerprint density at radius 1 is 1.50 bits per heavy atom. The minimum atomic E-state index is -2.87. The van der Waals surface area contributed by atoms with Crippen LogP contribution in [0.2, 0.25) is 0 Å². The van der Waals surface area contributed by atoms with Crippen LogP contribution in [-0.4, -0.2) is 22.4 Å². The molecule has 0 amide bonds. The largest absolute Gasteiger partial charge is 0.461 e. The van der Waals surface area contributed by atoms with Crippen molar-refractivity contribution in [2.75, 3.05) is 12.3 Å². The molecule has 0 radical (unpaired) electrons. The molecular weight excluding hydrogens is 244 g/mol. The van der Waals surface area contributed by atoms with E-state index in [2.05, 4.69) is 5.10 Å². The van der Waals surface area contributed by atoms with Crippen LogP contribution in [0.25, 0.3) is 0 Å². The molecule has 7 heteroatoms. The van der Waals surface area contributed by atoms with Crippen LogP contribution in [0.15, 0.2) is 0 Å². The van der Waals surface area contributed by atoms with Crippen LogP contribution in [0, 0.1) is 0 Å². The highest BCUT2D eigenvalue weighted by atomic mass is 19.3. The fraction of sp³-hybridized carbons (Fsp3) is 0.636. The zero-order valence-corrected chi connectivity index (χ0v) is 10.8. The fourth-order valence-corrected chi connectivity index (χ4v) is 1.52. The average molecular weight is 261 g/mol. The molecule has 18 heavy (non-hydrogen) atoms. The summed E-state index contributed by atoms with van der Waals surface area (Å²) >= 11 is 0. The number of alkyl halides is 2. The summed E-state index contributed by atoms with van der Waals surface area (Å²) in [5, 5.41) is 3.86. The van der Waals surface area contributed by atoms with E-state index in [0.29, 0.717) is 0 Å². The quantitative estimate of drug-likeness (QED) is 0.848. The minimum absolute atomic E-state index is 0.0871. The maximum absolute atomic E-state index is 12.9. The molecule has 1 aromatic heterocycles. The Labute approximate surface area is 104 Å². The van der Waals surface area contributed by atoms with E-state index in [1.54, 1.807) is 27.7 Å². The number of carbonyl (C=O) groups is 1. The van der Waals surface area contributed by atoms with E-state index in [4.69, 9.17) is 10.5 Å². The molecule has 0 aliphatic carbocycles. The second-order valence-electron chi connectivity index (χ2n) is 4.75. The monoisotopic (exact) mass is 261 g/mol. The Hall–Kier alpha value is -1.66. The number of nitrogens with two attached hydrogens (primary N) is 1. The maximum Gasteiger partial charge on any atom is 0.359 e. The molecule has 1 heterocycles. The summed E-state index contributed by atoms with van der Waals surface area (Å²) in [6, 6.07) is 0. The van der Waals surface area contributed by atoms with Gasteiger partial charge in [-0.25, -0.2) is 18.3 Å². The Morgan fingerprint density at radius 2 is 2.06 bits per heavy atom. The van der Waals surface area contributed by atoms with Crippen molar-refractivity contribution in [3.05, 3.63) is 11.3 Å². The zero-order valence-electron chi connectivity index (χ0n) is 10.8. The van der Waals surface area contributed by atoms with Crippen molar-refractivity contribution in [1.29, 1.82) is 0 Å². The van der Waals surface area contributed by atoms with Gasteiger partial charge in [-0.05, 0) is 27.7 Å². The number of aromatic nitrogens is 2. The van der Waals surface area contributed by atoms with Gasteiger partial charge in [-0.1, -0.05) is 0 Å². The highest BCUT2D eigenvalue weighted by Crippen LogP contribution is 2.32. The van der Waals surface area contributed by atoms with Crippen LogP contribution in [0.4, 0.5) is 14.6 Å². The molecule has 1 aromatic rings. The maximum atomic E-state index is 12.9. The molecule has 0 spiro atoms. The summed E-state index contributed by atoms with van der Waals surface area (Å²) in [4.78, 5) is 11.6. The summed E-state index contributed by atoms with van der Waals surface area (Å²) in [5.74, 6) is -1.09. The molecule has 0 aliphatic heterocycles. The van der Waals surface area contributed by atoms with Crippen molar-refractivity contribution in [3.8, 4) is 0 Å². The Balaban J connectivity index is 3.38. The number of anilines is 1. The highest BCUT2D eigenvalue weighted by Gasteiger charge is 2.31. The number of nitrogens with zero attached hydrogens (tertiary/aromatic N) is 2. The van der Waals surface area contributed by atoms with E-state index in [0.717, 1.165) is 0 Å². The number of carbonyl (C=O) groups excluding carboxylic acids is 1. The topological polar surface area (TPSA) is 70.1 Å². The van der Waals surface area contributed by atoms with Gasteiger partial charge in [0.15, 0.2) is 5.69 Å². The van der Waals surface area contributed by atoms with Gasteiger partial charge < -0.3 is 10.5 Å². The number of nitrogen functional groups attached to an aromatic ring is 1. The van der Waals surface area contributed by atoms with Crippen LogP contribution in [-0.2, 0) is 10.3 Å². The Bertz CT molecular complexity index is 450. The molecule has 0 fully saturated rings. The first-order chi connectivity index (χ1) is 8.20. The summed E-state index contributed by atoms with van der Waals surface area (Å²) in [6.45, 7) is 6.93. The van der Waals surface area contributed by atoms with Gasteiger partial charge in [0, 0.05) is 0 Å². The van der Waals surface area contributed by atoms with Gasteiger partial charge in [-0.15, -0.1) is 0 Å². The number of hydrogen-bond donors (Lipinski definition) is 1. The average Bonchev–Trinajstić information content (AvgIpc) is 2.55. The van der Waals surface area contributed by atoms with Crippen LogP contribution >= 0.6 is 0 Å². The molecule has 0 atom stereocenters. The summed E-state index contributed by atoms with van der Waals surface area (Å²) < 4.78 is 31.8. The third kappa shape index (κ3) is 2.60. The third-order valence-electron chi connectivity index (χ3n) is 2.28. The lowest BCUT2D eigenvalue weighted by Crippen LogP contribution is -2.25. The first kappa shape index (κ1) is 14.4. The van der Waals surface area contributed by atoms with Gasteiger partial charge in [0.25, 0.3) is 6.43 Å². The molecule has 0 aromatic carbocycles. The zero-order chi connectivity index (χ0) is 14.1. The lowest BCUT2D eigenvalue weighted by Gasteiger charge is -2.20. The number of hydrogen-bond acceptors (Lipinski definition) is 4. The van der Waals surface area contributed by atoms with E-state index >= 15 is 0 Å². The van der Waals surface area contributed by atoms with Gasteiger partial charge >= 0.3 is 5.97 Å². The summed E-state index contributed by atoms with van der Waals surface area (Å²) in [5.41, 5.74) is 4.06. The molecule has 0 saturated carbocycles. The van der Waals surface area contributed by atoms with Gasteiger partial charge in [-0.3, -0.25) is 0 Å². The second-order valence-corrected chi connectivity index (χ2v) is 4.75. The van der Waals surface area contributed by atoms with Gasteiger partial charge in [-0.2, -0.15) is 5.10 Å². The number of halogens is 2. The number of rotatable bonds is 3. The highest BCUT2D eigenvalue weighted by molar-refractivity contribution is 5.90. The normalized spacial score (nSPS) is 11.9. The third-order valence-corrected chi connectivity index (χ3v) is 2.28. The molecule has 0 unspecified atom stereocenters.